The van der Waals surface area contributed by atoms with Crippen molar-refractivity contribution in [3.8, 4) is 50.8 Å². The maximum atomic E-state index is 10.9. The van der Waals surface area contributed by atoms with Gasteiger partial charge in [0, 0.05) is 76.7 Å². The van der Waals surface area contributed by atoms with E-state index in [1.54, 1.807) is 16.3 Å². The summed E-state index contributed by atoms with van der Waals surface area (Å²) in [6.07, 6.45) is 0. The summed E-state index contributed by atoms with van der Waals surface area (Å²) < 4.78 is 85.9. The molecule has 2 aliphatic rings. The van der Waals surface area contributed by atoms with E-state index in [2.05, 4.69) is 166 Å². The zero-order chi connectivity index (χ0) is 66.3. The van der Waals surface area contributed by atoms with Crippen molar-refractivity contribution in [2.24, 2.45) is 0 Å². The highest BCUT2D eigenvalue weighted by molar-refractivity contribution is 8.00. The molecule has 0 fully saturated rings. The van der Waals surface area contributed by atoms with Crippen LogP contribution >= 0.6 is 11.8 Å². The van der Waals surface area contributed by atoms with E-state index >= 15 is 0 Å². The Morgan fingerprint density at radius 2 is 1.05 bits per heavy atom. The van der Waals surface area contributed by atoms with Gasteiger partial charge >= 0.3 is 0 Å². The molecular formula is C81H59BN4OS. The van der Waals surface area contributed by atoms with E-state index in [0.29, 0.717) is 28.1 Å². The number of anilines is 3. The van der Waals surface area contributed by atoms with Crippen LogP contribution < -0.4 is 21.3 Å². The fourth-order valence-corrected chi connectivity index (χ4v) is 15.3. The Hall–Kier alpha value is -10.3. The first-order chi connectivity index (χ1) is 46.2. The Morgan fingerprint density at radius 3 is 1.68 bits per heavy atom. The van der Waals surface area contributed by atoms with Crippen LogP contribution in [-0.2, 0) is 10.8 Å². The van der Waals surface area contributed by atoms with Gasteiger partial charge in [0.2, 0.25) is 6.71 Å². The molecule has 7 heteroatoms. The van der Waals surface area contributed by atoms with Crippen molar-refractivity contribution >= 4 is 117 Å². The molecule has 0 aliphatic carbocycles. The third kappa shape index (κ3) is 7.81. The summed E-state index contributed by atoms with van der Waals surface area (Å²) >= 11 is 1.68. The zero-order valence-corrected chi connectivity index (χ0v) is 50.1. The smallest absolute Gasteiger partial charge is 0.249 e. The lowest BCUT2D eigenvalue weighted by atomic mass is 9.34. The van der Waals surface area contributed by atoms with Gasteiger partial charge in [0.1, 0.15) is 11.2 Å². The molecule has 17 rings (SSSR count). The molecule has 0 spiro atoms. The molecule has 5 heterocycles. The molecule has 12 aromatic carbocycles. The predicted octanol–water partition coefficient (Wildman–Crippen LogP) is 20.0. The van der Waals surface area contributed by atoms with Crippen molar-refractivity contribution in [3.63, 3.8) is 0 Å². The zero-order valence-electron chi connectivity index (χ0n) is 57.2. The van der Waals surface area contributed by atoms with Gasteiger partial charge in [-0.25, -0.2) is 0 Å². The minimum absolute atomic E-state index is 0.00771. The number of fused-ring (bicyclic) bond motifs is 14. The van der Waals surface area contributed by atoms with Crippen LogP contribution in [0.4, 0.5) is 17.1 Å². The van der Waals surface area contributed by atoms with Crippen LogP contribution in [0.5, 0.6) is 0 Å². The number of nitriles is 1. The molecule has 0 N–H and O–H groups in total. The van der Waals surface area contributed by atoms with Crippen molar-refractivity contribution in [3.05, 3.63) is 265 Å². The molecule has 0 unspecified atom stereocenters. The summed E-state index contributed by atoms with van der Waals surface area (Å²) in [7, 11) is 0. The van der Waals surface area contributed by atoms with Crippen LogP contribution in [0.15, 0.2) is 263 Å². The average Bonchev–Trinajstić information content (AvgIpc) is 1.10. The van der Waals surface area contributed by atoms with Crippen molar-refractivity contribution in [2.45, 2.75) is 62.2 Å². The van der Waals surface area contributed by atoms with Gasteiger partial charge in [-0.15, -0.1) is 0 Å². The summed E-state index contributed by atoms with van der Waals surface area (Å²) in [4.78, 5) is 4.29. The second-order valence-electron chi connectivity index (χ2n) is 25.3. The van der Waals surface area contributed by atoms with E-state index in [1.165, 1.54) is 11.1 Å². The maximum absolute atomic E-state index is 10.9. The average molecular weight is 1160 g/mol. The van der Waals surface area contributed by atoms with Crippen molar-refractivity contribution in [2.75, 3.05) is 4.90 Å². The minimum atomic E-state index is -0.537. The number of nitrogens with zero attached hydrogens (tertiary/aromatic N) is 4. The number of furan rings is 1. The molecule has 0 saturated heterocycles. The quantitative estimate of drug-likeness (QED) is 0.156. The molecule has 0 radical (unpaired) electrons. The van der Waals surface area contributed by atoms with Gasteiger partial charge in [-0.1, -0.05) is 235 Å². The Bertz CT molecular complexity index is 5770. The third-order valence-electron chi connectivity index (χ3n) is 18.2. The Kier molecular flexibility index (Phi) is 9.74. The number of hydrogen-bond donors (Lipinski definition) is 0. The molecule has 418 valence electrons. The van der Waals surface area contributed by atoms with Gasteiger partial charge in [-0.2, -0.15) is 5.26 Å². The molecule has 0 bridgehead atoms. The molecule has 0 amide bonds. The van der Waals surface area contributed by atoms with Crippen LogP contribution in [0.25, 0.3) is 110 Å². The van der Waals surface area contributed by atoms with Gasteiger partial charge in [-0.3, -0.25) is 0 Å². The number of aromatic nitrogens is 2. The molecule has 88 heavy (non-hydrogen) atoms. The predicted molar refractivity (Wildman–Crippen MR) is 371 cm³/mol. The molecule has 15 aromatic rings. The van der Waals surface area contributed by atoms with Crippen LogP contribution in [0.3, 0.4) is 0 Å². The largest absolute Gasteiger partial charge is 0.455 e. The van der Waals surface area contributed by atoms with Crippen LogP contribution in [0.1, 0.15) is 69.2 Å². The fraction of sp³-hybridized carbons (Fsp3) is 0.0988. The van der Waals surface area contributed by atoms with E-state index in [4.69, 9.17) is 9.90 Å². The van der Waals surface area contributed by atoms with E-state index < -0.39 is 43.0 Å². The summed E-state index contributed by atoms with van der Waals surface area (Å²) in [5, 5.41) is 15.0. The van der Waals surface area contributed by atoms with Gasteiger partial charge < -0.3 is 18.5 Å². The van der Waals surface area contributed by atoms with E-state index in [-0.39, 0.29) is 44.7 Å². The monoisotopic (exact) mass is 1150 g/mol. The first-order valence-corrected chi connectivity index (χ1v) is 30.7. The lowest BCUT2D eigenvalue weighted by molar-refractivity contribution is 0.590. The van der Waals surface area contributed by atoms with E-state index in [0.717, 1.165) is 109 Å². The normalized spacial score (nSPS) is 14.3. The maximum Gasteiger partial charge on any atom is 0.249 e. The standard InChI is InChI=1S/C81H59BN4OS/c1-80(2,3)52-36-40-69-62(42-52)63-43-53(81(4,5)6)37-41-70(63)85(69)55-45-72-76-74(46-55)88-79-66(47-64(56-27-14-13-26-51(56)48-83)75-61-30-17-20-35-73(61)87-78(75)79)82(76)65-39-38-54(84-67-33-18-15-28-59(67)60-29-16-19-34-68(60)84)44-71(65)86(72)77-57(49-22-9-7-10-23-49)31-21-32-58(77)50-24-11-8-12-25-50/h7-47H,1-6H3/i15D,16D,18D,19D,28D,29D,33D,34D. The lowest BCUT2D eigenvalue weighted by Crippen LogP contribution is -2.60. The fourth-order valence-electron chi connectivity index (χ4n) is 14.0. The van der Waals surface area contributed by atoms with Crippen molar-refractivity contribution < 1.29 is 15.4 Å². The van der Waals surface area contributed by atoms with Gasteiger partial charge in [0.25, 0.3) is 0 Å². The van der Waals surface area contributed by atoms with Gasteiger partial charge in [0.05, 0.1) is 55.2 Å². The molecule has 0 atom stereocenters. The van der Waals surface area contributed by atoms with Crippen LogP contribution in [0.2, 0.25) is 0 Å². The Morgan fingerprint density at radius 1 is 0.477 bits per heavy atom. The topological polar surface area (TPSA) is 50.0 Å². The second-order valence-corrected chi connectivity index (χ2v) is 26.4. The van der Waals surface area contributed by atoms with Crippen molar-refractivity contribution in [1.29, 1.82) is 5.26 Å². The van der Waals surface area contributed by atoms with E-state index in [1.807, 2.05) is 91.0 Å². The number of rotatable bonds is 6. The van der Waals surface area contributed by atoms with Gasteiger partial charge in [-0.05, 0) is 122 Å². The van der Waals surface area contributed by atoms with Crippen molar-refractivity contribution in [1.82, 2.24) is 9.13 Å². The molecule has 3 aromatic heterocycles. The molecule has 5 nitrogen and oxygen atoms in total. The van der Waals surface area contributed by atoms with Gasteiger partial charge in [0.15, 0.2) is 0 Å². The number of benzene rings is 12. The first-order valence-electron chi connectivity index (χ1n) is 33.8. The van der Waals surface area contributed by atoms with Crippen LogP contribution in [-0.4, -0.2) is 15.8 Å². The summed E-state index contributed by atoms with van der Waals surface area (Å²) in [5.41, 5.74) is 18.1. The third-order valence-corrected chi connectivity index (χ3v) is 19.4. The lowest BCUT2D eigenvalue weighted by Gasteiger charge is -2.42. The number of para-hydroxylation sites is 4. The Balaban J connectivity index is 1.08. The van der Waals surface area contributed by atoms with Crippen LogP contribution in [0, 0.1) is 11.3 Å². The molecular weight excluding hydrogens is 1090 g/mol. The number of hydrogen-bond acceptors (Lipinski definition) is 4. The first kappa shape index (κ1) is 44.2. The highest BCUT2D eigenvalue weighted by atomic mass is 32.2. The summed E-state index contributed by atoms with van der Waals surface area (Å²) in [5.74, 6) is 0. The summed E-state index contributed by atoms with van der Waals surface area (Å²) in [6, 6.07) is 68.7. The highest BCUT2D eigenvalue weighted by Gasteiger charge is 2.44. The second kappa shape index (κ2) is 19.4. The van der Waals surface area contributed by atoms with E-state index in [9.17, 15) is 10.7 Å². The summed E-state index contributed by atoms with van der Waals surface area (Å²) in [6.45, 7) is 13.0. The highest BCUT2D eigenvalue weighted by Crippen LogP contribution is 2.53. The molecule has 2 aliphatic heterocycles. The minimum Gasteiger partial charge on any atom is -0.455 e. The molecule has 0 saturated carbocycles. The SMILES string of the molecule is [2H]c1c([2H])c([2H])c2c(c1[2H])c1c([2H])c([2H])c([2H])c([2H])c1n2-c1ccc2c(c1)N(c1c(-c3ccccc3)cccc1-c1ccccc1)c1cc(-n3c4ccc(C(C)(C)C)cc4c4cc(C(C)(C)C)ccc43)cc3c1B2c1cc(-c2ccccc2C#N)c2c(oc4ccccc42)c1S3. The Labute approximate surface area is 527 Å².